The van der Waals surface area contributed by atoms with Crippen molar-refractivity contribution < 1.29 is 19.1 Å². The average molecular weight is 411 g/mol. The number of carbonyl (C=O) groups excluding carboxylic acids is 2. The summed E-state index contributed by atoms with van der Waals surface area (Å²) in [6.45, 7) is 2.17. The van der Waals surface area contributed by atoms with Gasteiger partial charge in [-0.15, -0.1) is 0 Å². The number of benzene rings is 2. The lowest BCUT2D eigenvalue weighted by molar-refractivity contribution is 0.102. The zero-order valence-corrected chi connectivity index (χ0v) is 16.2. The van der Waals surface area contributed by atoms with Gasteiger partial charge in [0.2, 0.25) is 0 Å². The molecule has 0 spiro atoms. The van der Waals surface area contributed by atoms with Crippen molar-refractivity contribution in [3.8, 4) is 16.2 Å². The molecule has 2 aromatic carbocycles. The summed E-state index contributed by atoms with van der Waals surface area (Å²) in [5.74, 6) is -2.42. The minimum absolute atomic E-state index is 0.0749. The Hall–Kier alpha value is -3.26. The van der Waals surface area contributed by atoms with Gasteiger partial charge in [-0.1, -0.05) is 23.5 Å². The van der Waals surface area contributed by atoms with E-state index in [9.17, 15) is 19.1 Å². The predicted octanol–water partition coefficient (Wildman–Crippen LogP) is 4.32. The number of amides is 1. The van der Waals surface area contributed by atoms with Crippen LogP contribution in [0, 0.1) is 5.82 Å². The second kappa shape index (κ2) is 8.00. The van der Waals surface area contributed by atoms with Gasteiger partial charge in [0, 0.05) is 30.5 Å². The van der Waals surface area contributed by atoms with Crippen LogP contribution in [0.5, 0.6) is 5.75 Å². The van der Waals surface area contributed by atoms with Gasteiger partial charge in [0.05, 0.1) is 10.4 Å². The summed E-state index contributed by atoms with van der Waals surface area (Å²) in [7, 11) is 0. The first-order valence-electron chi connectivity index (χ1n) is 9.15. The summed E-state index contributed by atoms with van der Waals surface area (Å²) < 4.78 is 13.7. The van der Waals surface area contributed by atoms with E-state index in [2.05, 4.69) is 27.3 Å². The van der Waals surface area contributed by atoms with Crippen LogP contribution in [0.3, 0.4) is 0 Å². The van der Waals surface area contributed by atoms with Gasteiger partial charge in [-0.3, -0.25) is 14.9 Å². The number of phenols is 1. The molecule has 0 atom stereocenters. The van der Waals surface area contributed by atoms with Crippen LogP contribution < -0.4 is 10.2 Å². The minimum Gasteiger partial charge on any atom is -0.504 e. The summed E-state index contributed by atoms with van der Waals surface area (Å²) in [5.41, 5.74) is 1.83. The van der Waals surface area contributed by atoms with Crippen LogP contribution >= 0.6 is 11.3 Å². The molecule has 2 N–H and O–H groups in total. The Bertz CT molecular complexity index is 1060. The number of carbonyl (C=O) groups is 2. The van der Waals surface area contributed by atoms with E-state index in [0.29, 0.717) is 11.4 Å². The molecule has 1 saturated heterocycles. The van der Waals surface area contributed by atoms with E-state index < -0.39 is 17.5 Å². The molecule has 1 aromatic heterocycles. The number of aromatic nitrogens is 1. The van der Waals surface area contributed by atoms with Crippen molar-refractivity contribution in [3.63, 3.8) is 0 Å². The number of aldehydes is 1. The Morgan fingerprint density at radius 2 is 1.93 bits per heavy atom. The predicted molar refractivity (Wildman–Crippen MR) is 110 cm³/mol. The normalized spacial score (nSPS) is 13.5. The molecule has 0 saturated carbocycles. The number of aromatic hydroxyl groups is 1. The van der Waals surface area contributed by atoms with Gasteiger partial charge in [0.25, 0.3) is 5.91 Å². The Labute approximate surface area is 170 Å². The van der Waals surface area contributed by atoms with Gasteiger partial charge in [0.1, 0.15) is 0 Å². The van der Waals surface area contributed by atoms with E-state index in [0.717, 1.165) is 35.7 Å². The van der Waals surface area contributed by atoms with Crippen molar-refractivity contribution in [1.82, 2.24) is 4.98 Å². The number of halogens is 1. The van der Waals surface area contributed by atoms with Crippen LogP contribution in [0.1, 0.15) is 33.6 Å². The molecule has 6 nitrogen and oxygen atoms in total. The van der Waals surface area contributed by atoms with E-state index in [1.807, 2.05) is 12.1 Å². The van der Waals surface area contributed by atoms with Gasteiger partial charge in [-0.2, -0.15) is 0 Å². The van der Waals surface area contributed by atoms with Crippen molar-refractivity contribution in [1.29, 1.82) is 0 Å². The number of rotatable bonds is 5. The first-order chi connectivity index (χ1) is 14.0. The van der Waals surface area contributed by atoms with Gasteiger partial charge < -0.3 is 10.0 Å². The second-order valence-electron chi connectivity index (χ2n) is 6.74. The van der Waals surface area contributed by atoms with Crippen molar-refractivity contribution >= 4 is 34.3 Å². The molecule has 3 aromatic rings. The third-order valence-corrected chi connectivity index (χ3v) is 5.79. The molecule has 1 amide bonds. The molecule has 2 heterocycles. The molecular weight excluding hydrogens is 393 g/mol. The molecule has 0 unspecified atom stereocenters. The van der Waals surface area contributed by atoms with E-state index in [-0.39, 0.29) is 11.1 Å². The standard InChI is InChI=1S/C21H18FN3O3S/c22-17-10-14(9-15(12-26)19(17)27)20(28)24-21-23-11-18(29-21)13-3-5-16(6-4-13)25-7-1-2-8-25/h3-6,9-12,27H,1-2,7-8H2,(H,23,24,28). The van der Waals surface area contributed by atoms with Crippen molar-refractivity contribution in [2.24, 2.45) is 0 Å². The van der Waals surface area contributed by atoms with Crippen LogP contribution in [0.4, 0.5) is 15.2 Å². The third-order valence-electron chi connectivity index (χ3n) is 4.83. The molecular formula is C21H18FN3O3S. The van der Waals surface area contributed by atoms with Gasteiger partial charge in [-0.05, 0) is 42.7 Å². The fourth-order valence-electron chi connectivity index (χ4n) is 3.29. The number of hydrogen-bond acceptors (Lipinski definition) is 6. The molecule has 0 aliphatic carbocycles. The zero-order valence-electron chi connectivity index (χ0n) is 15.4. The quantitative estimate of drug-likeness (QED) is 0.611. The van der Waals surface area contributed by atoms with Crippen LogP contribution in [0.15, 0.2) is 42.6 Å². The van der Waals surface area contributed by atoms with E-state index in [4.69, 9.17) is 0 Å². The van der Waals surface area contributed by atoms with Crippen LogP contribution in [-0.2, 0) is 0 Å². The summed E-state index contributed by atoms with van der Waals surface area (Å²) >= 11 is 1.30. The largest absolute Gasteiger partial charge is 0.504 e. The highest BCUT2D eigenvalue weighted by Gasteiger charge is 2.16. The number of hydrogen-bond donors (Lipinski definition) is 2. The highest BCUT2D eigenvalue weighted by Crippen LogP contribution is 2.31. The molecule has 4 rings (SSSR count). The average Bonchev–Trinajstić information content (AvgIpc) is 3.42. The minimum atomic E-state index is -1.03. The summed E-state index contributed by atoms with van der Waals surface area (Å²) in [6, 6.07) is 10.2. The molecule has 1 fully saturated rings. The van der Waals surface area contributed by atoms with Gasteiger partial charge in [-0.25, -0.2) is 9.37 Å². The zero-order chi connectivity index (χ0) is 20.4. The SMILES string of the molecule is O=Cc1cc(C(=O)Nc2ncc(-c3ccc(N4CCCC4)cc3)s2)cc(F)c1O. The van der Waals surface area contributed by atoms with Crippen molar-refractivity contribution in [3.05, 3.63) is 59.5 Å². The van der Waals surface area contributed by atoms with Gasteiger partial charge in [0.15, 0.2) is 23.0 Å². The molecule has 1 aliphatic rings. The lowest BCUT2D eigenvalue weighted by atomic mass is 10.1. The molecule has 0 radical (unpaired) electrons. The number of nitrogens with one attached hydrogen (secondary N) is 1. The van der Waals surface area contributed by atoms with E-state index >= 15 is 0 Å². The Morgan fingerprint density at radius 3 is 2.62 bits per heavy atom. The van der Waals surface area contributed by atoms with E-state index in [1.165, 1.54) is 29.9 Å². The summed E-state index contributed by atoms with van der Waals surface area (Å²) in [4.78, 5) is 30.7. The number of nitrogens with zero attached hydrogens (tertiary/aromatic N) is 2. The number of anilines is 2. The maximum Gasteiger partial charge on any atom is 0.257 e. The summed E-state index contributed by atoms with van der Waals surface area (Å²) in [6.07, 6.45) is 4.40. The fourth-order valence-corrected chi connectivity index (χ4v) is 4.10. The third kappa shape index (κ3) is 3.97. The topological polar surface area (TPSA) is 82.5 Å². The van der Waals surface area contributed by atoms with Gasteiger partial charge >= 0.3 is 0 Å². The smallest absolute Gasteiger partial charge is 0.257 e. The molecule has 0 bridgehead atoms. The van der Waals surface area contributed by atoms with Crippen molar-refractivity contribution in [2.45, 2.75) is 12.8 Å². The lowest BCUT2D eigenvalue weighted by Crippen LogP contribution is -2.17. The molecule has 8 heteroatoms. The second-order valence-corrected chi connectivity index (χ2v) is 7.77. The number of phenolic OH excluding ortho intramolecular Hbond substituents is 1. The highest BCUT2D eigenvalue weighted by molar-refractivity contribution is 7.19. The first-order valence-corrected chi connectivity index (χ1v) is 9.97. The number of thiazole rings is 1. The van der Waals surface area contributed by atoms with Crippen LogP contribution in [0.25, 0.3) is 10.4 Å². The lowest BCUT2D eigenvalue weighted by Gasteiger charge is -2.17. The first kappa shape index (κ1) is 19.1. The monoisotopic (exact) mass is 411 g/mol. The maximum absolute atomic E-state index is 13.7. The molecule has 148 valence electrons. The Balaban J connectivity index is 1.48. The Morgan fingerprint density at radius 1 is 1.21 bits per heavy atom. The summed E-state index contributed by atoms with van der Waals surface area (Å²) in [5, 5.41) is 12.4. The Kier molecular flexibility index (Phi) is 5.26. The maximum atomic E-state index is 13.7. The van der Waals surface area contributed by atoms with E-state index in [1.54, 1.807) is 6.20 Å². The van der Waals surface area contributed by atoms with Crippen LogP contribution in [-0.4, -0.2) is 35.4 Å². The fraction of sp³-hybridized carbons (Fsp3) is 0.190. The highest BCUT2D eigenvalue weighted by atomic mass is 32.1. The van der Waals surface area contributed by atoms with Crippen LogP contribution in [0.2, 0.25) is 0 Å². The molecule has 1 aliphatic heterocycles. The molecule has 29 heavy (non-hydrogen) atoms. The van der Waals surface area contributed by atoms with Crippen molar-refractivity contribution in [2.75, 3.05) is 23.3 Å².